The van der Waals surface area contributed by atoms with E-state index >= 15 is 0 Å². The van der Waals surface area contributed by atoms with Crippen molar-refractivity contribution in [1.29, 1.82) is 0 Å². The van der Waals surface area contributed by atoms with E-state index in [9.17, 15) is 0 Å². The highest BCUT2D eigenvalue weighted by atomic mass is 16.5. The standard InChI is InChI=1S/C10H22NO/c1-11-9-7-5-3-4-6-8-10-12-2/h3-10H2,1-2H3. The molecule has 0 aliphatic rings. The van der Waals surface area contributed by atoms with Crippen molar-refractivity contribution in [2.75, 3.05) is 27.3 Å². The molecule has 0 fully saturated rings. The molecule has 0 aromatic heterocycles. The average molecular weight is 172 g/mol. The van der Waals surface area contributed by atoms with Gasteiger partial charge in [0.1, 0.15) is 0 Å². The van der Waals surface area contributed by atoms with E-state index in [1.807, 2.05) is 7.05 Å². The summed E-state index contributed by atoms with van der Waals surface area (Å²) in [5, 5.41) is 4.06. The van der Waals surface area contributed by atoms with Crippen LogP contribution >= 0.6 is 0 Å². The van der Waals surface area contributed by atoms with Crippen LogP contribution < -0.4 is 5.32 Å². The second-order valence-corrected chi connectivity index (χ2v) is 3.15. The van der Waals surface area contributed by atoms with Crippen molar-refractivity contribution in [2.45, 2.75) is 38.5 Å². The minimum absolute atomic E-state index is 0.921. The fourth-order valence-electron chi connectivity index (χ4n) is 1.22. The van der Waals surface area contributed by atoms with Crippen LogP contribution in [0.2, 0.25) is 0 Å². The van der Waals surface area contributed by atoms with Crippen LogP contribution in [-0.4, -0.2) is 27.3 Å². The second kappa shape index (κ2) is 10.9. The Balaban J connectivity index is 2.73. The molecule has 0 amide bonds. The summed E-state index contributed by atoms with van der Waals surface area (Å²) in [6.07, 6.45) is 7.85. The molecule has 0 atom stereocenters. The summed E-state index contributed by atoms with van der Waals surface area (Å²) in [5.74, 6) is 0. The van der Waals surface area contributed by atoms with Crippen LogP contribution in [0.5, 0.6) is 0 Å². The van der Waals surface area contributed by atoms with E-state index in [1.165, 1.54) is 38.5 Å². The third-order valence-electron chi connectivity index (χ3n) is 1.98. The smallest absolute Gasteiger partial charge is 0.0462 e. The van der Waals surface area contributed by atoms with Crippen molar-refractivity contribution < 1.29 is 4.74 Å². The predicted octanol–water partition coefficient (Wildman–Crippen LogP) is 2.21. The molecule has 0 heterocycles. The SMILES string of the molecule is C[N]CCCCCCCCOC. The first kappa shape index (κ1) is 11.9. The van der Waals surface area contributed by atoms with Crippen molar-refractivity contribution in [3.8, 4) is 0 Å². The normalized spacial score (nSPS) is 10.5. The molecule has 0 N–H and O–H groups in total. The van der Waals surface area contributed by atoms with E-state index in [1.54, 1.807) is 7.11 Å². The first-order chi connectivity index (χ1) is 5.91. The summed E-state index contributed by atoms with van der Waals surface area (Å²) < 4.78 is 4.97. The summed E-state index contributed by atoms with van der Waals surface area (Å²) >= 11 is 0. The molecule has 0 rings (SSSR count). The lowest BCUT2D eigenvalue weighted by Crippen LogP contribution is -1.98. The van der Waals surface area contributed by atoms with Crippen LogP contribution in [-0.2, 0) is 4.74 Å². The summed E-state index contributed by atoms with van der Waals surface area (Å²) in [5.41, 5.74) is 0. The van der Waals surface area contributed by atoms with Gasteiger partial charge in [0, 0.05) is 27.3 Å². The van der Waals surface area contributed by atoms with Gasteiger partial charge in [0.15, 0.2) is 0 Å². The summed E-state index contributed by atoms with van der Waals surface area (Å²) in [7, 11) is 3.65. The molecule has 2 nitrogen and oxygen atoms in total. The van der Waals surface area contributed by atoms with Gasteiger partial charge >= 0.3 is 0 Å². The first-order valence-corrected chi connectivity index (χ1v) is 4.96. The van der Waals surface area contributed by atoms with Gasteiger partial charge in [-0.25, -0.2) is 5.32 Å². The van der Waals surface area contributed by atoms with Gasteiger partial charge in [0.25, 0.3) is 0 Å². The van der Waals surface area contributed by atoms with Gasteiger partial charge in [0.05, 0.1) is 0 Å². The molecular weight excluding hydrogens is 150 g/mol. The number of rotatable bonds is 9. The largest absolute Gasteiger partial charge is 0.385 e. The zero-order chi connectivity index (χ0) is 9.07. The van der Waals surface area contributed by atoms with Gasteiger partial charge < -0.3 is 4.74 Å². The van der Waals surface area contributed by atoms with Crippen LogP contribution in [0.4, 0.5) is 0 Å². The fraction of sp³-hybridized carbons (Fsp3) is 1.00. The third kappa shape index (κ3) is 9.92. The van der Waals surface area contributed by atoms with Crippen LogP contribution in [0.3, 0.4) is 0 Å². The zero-order valence-corrected chi connectivity index (χ0v) is 8.51. The van der Waals surface area contributed by atoms with Crippen LogP contribution in [0, 0.1) is 0 Å². The summed E-state index contributed by atoms with van der Waals surface area (Å²) in [4.78, 5) is 0. The molecule has 1 radical (unpaired) electrons. The van der Waals surface area contributed by atoms with Crippen molar-refractivity contribution in [1.82, 2.24) is 5.32 Å². The Morgan fingerprint density at radius 1 is 0.917 bits per heavy atom. The quantitative estimate of drug-likeness (QED) is 0.489. The van der Waals surface area contributed by atoms with E-state index in [2.05, 4.69) is 5.32 Å². The van der Waals surface area contributed by atoms with Crippen molar-refractivity contribution >= 4 is 0 Å². The monoisotopic (exact) mass is 172 g/mol. The highest BCUT2D eigenvalue weighted by molar-refractivity contribution is 4.46. The van der Waals surface area contributed by atoms with Crippen molar-refractivity contribution in [3.63, 3.8) is 0 Å². The number of hydrogen-bond acceptors (Lipinski definition) is 1. The first-order valence-electron chi connectivity index (χ1n) is 4.96. The van der Waals surface area contributed by atoms with E-state index in [-0.39, 0.29) is 0 Å². The maximum absolute atomic E-state index is 4.97. The molecule has 12 heavy (non-hydrogen) atoms. The molecule has 0 aromatic carbocycles. The van der Waals surface area contributed by atoms with Gasteiger partial charge in [-0.05, 0) is 12.8 Å². The molecule has 0 aliphatic carbocycles. The highest BCUT2D eigenvalue weighted by Gasteiger charge is 1.90. The second-order valence-electron chi connectivity index (χ2n) is 3.15. The molecule has 0 unspecified atom stereocenters. The molecule has 0 aliphatic heterocycles. The Labute approximate surface area is 76.7 Å². The number of methoxy groups -OCH3 is 1. The zero-order valence-electron chi connectivity index (χ0n) is 8.51. The Morgan fingerprint density at radius 2 is 1.50 bits per heavy atom. The van der Waals surface area contributed by atoms with E-state index in [0.29, 0.717) is 0 Å². The van der Waals surface area contributed by atoms with Crippen LogP contribution in [0.15, 0.2) is 0 Å². The molecule has 0 saturated heterocycles. The topological polar surface area (TPSA) is 23.3 Å². The number of nitrogens with zero attached hydrogens (tertiary/aromatic N) is 1. The minimum atomic E-state index is 0.921. The van der Waals surface area contributed by atoms with Crippen molar-refractivity contribution in [3.05, 3.63) is 0 Å². The molecule has 0 aromatic rings. The minimum Gasteiger partial charge on any atom is -0.385 e. The summed E-state index contributed by atoms with van der Waals surface area (Å²) in [6.45, 7) is 1.96. The average Bonchev–Trinajstić information content (AvgIpc) is 2.10. The van der Waals surface area contributed by atoms with E-state index in [4.69, 9.17) is 4.74 Å². The Bertz CT molecular complexity index is 66.2. The Kier molecular flexibility index (Phi) is 10.8. The summed E-state index contributed by atoms with van der Waals surface area (Å²) in [6, 6.07) is 0. The lowest BCUT2D eigenvalue weighted by atomic mass is 10.1. The van der Waals surface area contributed by atoms with Gasteiger partial charge in [-0.3, -0.25) is 0 Å². The number of ether oxygens (including phenoxy) is 1. The lowest BCUT2D eigenvalue weighted by Gasteiger charge is -2.00. The molecule has 0 saturated carbocycles. The van der Waals surface area contributed by atoms with Gasteiger partial charge in [-0.2, -0.15) is 0 Å². The molecule has 73 valence electrons. The van der Waals surface area contributed by atoms with Gasteiger partial charge in [-0.1, -0.05) is 25.7 Å². The maximum atomic E-state index is 4.97. The third-order valence-corrected chi connectivity index (χ3v) is 1.98. The van der Waals surface area contributed by atoms with Crippen molar-refractivity contribution in [2.24, 2.45) is 0 Å². The van der Waals surface area contributed by atoms with E-state index in [0.717, 1.165) is 13.2 Å². The van der Waals surface area contributed by atoms with Gasteiger partial charge in [0.2, 0.25) is 0 Å². The molecule has 0 bridgehead atoms. The molecule has 2 heteroatoms. The van der Waals surface area contributed by atoms with Crippen LogP contribution in [0.25, 0.3) is 0 Å². The van der Waals surface area contributed by atoms with Gasteiger partial charge in [-0.15, -0.1) is 0 Å². The number of unbranched alkanes of at least 4 members (excludes halogenated alkanes) is 5. The maximum Gasteiger partial charge on any atom is 0.0462 e. The predicted molar refractivity (Wildman–Crippen MR) is 52.5 cm³/mol. The Hall–Kier alpha value is -0.0800. The molecular formula is C10H22NO. The number of hydrogen-bond donors (Lipinski definition) is 0. The lowest BCUT2D eigenvalue weighted by molar-refractivity contribution is 0.192. The highest BCUT2D eigenvalue weighted by Crippen LogP contribution is 2.04. The molecule has 0 spiro atoms. The van der Waals surface area contributed by atoms with Crippen LogP contribution in [0.1, 0.15) is 38.5 Å². The van der Waals surface area contributed by atoms with E-state index < -0.39 is 0 Å². The Morgan fingerprint density at radius 3 is 2.08 bits per heavy atom. The fourth-order valence-corrected chi connectivity index (χ4v) is 1.22.